The summed E-state index contributed by atoms with van der Waals surface area (Å²) in [5.74, 6) is -1.47. The molecule has 0 heterocycles. The molecule has 1 atom stereocenters. The van der Waals surface area contributed by atoms with Gasteiger partial charge in [-0.3, -0.25) is 4.99 Å². The molecule has 1 unspecified atom stereocenters. The Bertz CT molecular complexity index is 652. The van der Waals surface area contributed by atoms with Gasteiger partial charge in [0.05, 0.1) is 19.3 Å². The van der Waals surface area contributed by atoms with Crippen LogP contribution in [0.4, 0.5) is 13.2 Å². The van der Waals surface area contributed by atoms with Crippen LogP contribution in [-0.2, 0) is 14.0 Å². The number of esters is 1. The van der Waals surface area contributed by atoms with Crippen LogP contribution in [0.5, 0.6) is 0 Å². The fourth-order valence-corrected chi connectivity index (χ4v) is 2.99. The second kappa shape index (κ2) is 9.01. The summed E-state index contributed by atoms with van der Waals surface area (Å²) in [5, 5.41) is -0.105. The van der Waals surface area contributed by atoms with Crippen LogP contribution in [0.2, 0.25) is 18.1 Å². The second-order valence-electron chi connectivity index (χ2n) is 7.69. The predicted octanol–water partition coefficient (Wildman–Crippen LogP) is 5.32. The lowest BCUT2D eigenvalue weighted by Crippen LogP contribution is -2.42. The fraction of sp³-hybridized carbons (Fsp3) is 0.579. The van der Waals surface area contributed by atoms with E-state index in [2.05, 4.69) is 9.73 Å². The van der Waals surface area contributed by atoms with Gasteiger partial charge in [0.2, 0.25) is 5.71 Å². The third-order valence-corrected chi connectivity index (χ3v) is 9.12. The van der Waals surface area contributed by atoms with Gasteiger partial charge in [-0.1, -0.05) is 51.1 Å². The van der Waals surface area contributed by atoms with E-state index in [1.54, 1.807) is 30.3 Å². The van der Waals surface area contributed by atoms with E-state index in [1.807, 2.05) is 33.9 Å². The molecule has 8 heteroatoms. The molecule has 1 aromatic rings. The number of carbonyl (C=O) groups is 1. The molecule has 0 aliphatic heterocycles. The van der Waals surface area contributed by atoms with Gasteiger partial charge in [-0.25, -0.2) is 4.79 Å². The highest BCUT2D eigenvalue weighted by Gasteiger charge is 2.43. The Hall–Kier alpha value is -1.67. The number of alkyl halides is 3. The SMILES string of the molecule is CCOC(=O)C(=NC(CO[Si](C)(C)C(C)(C)C)c1ccccc1)C(F)(F)F. The molecular weight excluding hydrogens is 375 g/mol. The lowest BCUT2D eigenvalue weighted by atomic mass is 10.1. The van der Waals surface area contributed by atoms with Crippen LogP contribution in [0.25, 0.3) is 0 Å². The summed E-state index contributed by atoms with van der Waals surface area (Å²) in [6.45, 7) is 11.4. The van der Waals surface area contributed by atoms with E-state index in [-0.39, 0.29) is 18.3 Å². The van der Waals surface area contributed by atoms with Crippen LogP contribution in [0.1, 0.15) is 39.3 Å². The summed E-state index contributed by atoms with van der Waals surface area (Å²) in [6, 6.07) is 7.56. The highest BCUT2D eigenvalue weighted by atomic mass is 28.4. The molecule has 27 heavy (non-hydrogen) atoms. The highest BCUT2D eigenvalue weighted by molar-refractivity contribution is 6.74. The summed E-state index contributed by atoms with van der Waals surface area (Å²) in [6.07, 6.45) is -4.91. The molecule has 0 spiro atoms. The number of rotatable bonds is 7. The normalized spacial score (nSPS) is 14.8. The van der Waals surface area contributed by atoms with Gasteiger partial charge in [0.1, 0.15) is 0 Å². The van der Waals surface area contributed by atoms with Crippen molar-refractivity contribution in [2.45, 2.75) is 58.0 Å². The van der Waals surface area contributed by atoms with E-state index < -0.39 is 32.2 Å². The van der Waals surface area contributed by atoms with Gasteiger partial charge in [-0.2, -0.15) is 13.2 Å². The van der Waals surface area contributed by atoms with E-state index in [1.165, 1.54) is 6.92 Å². The summed E-state index contributed by atoms with van der Waals surface area (Å²) in [4.78, 5) is 15.5. The first kappa shape index (κ1) is 23.4. The maximum Gasteiger partial charge on any atom is 0.440 e. The minimum atomic E-state index is -4.91. The van der Waals surface area contributed by atoms with Crippen molar-refractivity contribution in [2.75, 3.05) is 13.2 Å². The van der Waals surface area contributed by atoms with Crippen LogP contribution in [0.3, 0.4) is 0 Å². The molecule has 0 aromatic heterocycles. The Morgan fingerprint density at radius 1 is 1.15 bits per heavy atom. The number of ether oxygens (including phenoxy) is 1. The van der Waals surface area contributed by atoms with Crippen molar-refractivity contribution in [3.63, 3.8) is 0 Å². The van der Waals surface area contributed by atoms with Gasteiger partial charge < -0.3 is 9.16 Å². The molecule has 0 saturated heterocycles. The van der Waals surface area contributed by atoms with Gasteiger partial charge in [-0.15, -0.1) is 0 Å². The molecule has 0 fully saturated rings. The Labute approximate surface area is 159 Å². The summed E-state index contributed by atoms with van der Waals surface area (Å²) < 4.78 is 50.7. The zero-order valence-corrected chi connectivity index (χ0v) is 17.7. The van der Waals surface area contributed by atoms with Crippen molar-refractivity contribution in [2.24, 2.45) is 4.99 Å². The number of aliphatic imine (C=N–C) groups is 1. The molecule has 0 aliphatic carbocycles. The predicted molar refractivity (Wildman–Crippen MR) is 102 cm³/mol. The Kier molecular flexibility index (Phi) is 7.80. The molecular formula is C19H28F3NO3Si. The average Bonchev–Trinajstić information content (AvgIpc) is 2.53. The van der Waals surface area contributed by atoms with E-state index >= 15 is 0 Å². The molecule has 0 bridgehead atoms. The molecule has 0 saturated carbocycles. The molecule has 1 aromatic carbocycles. The van der Waals surface area contributed by atoms with Crippen LogP contribution in [-0.4, -0.2) is 39.4 Å². The Balaban J connectivity index is 3.27. The summed E-state index contributed by atoms with van der Waals surface area (Å²) in [5.41, 5.74) is -1.00. The number of halogens is 3. The third kappa shape index (κ3) is 6.77. The minimum absolute atomic E-state index is 0.0422. The van der Waals surface area contributed by atoms with E-state index in [9.17, 15) is 18.0 Å². The maximum atomic E-state index is 13.4. The molecule has 0 aliphatic rings. The average molecular weight is 404 g/mol. The fourth-order valence-electron chi connectivity index (χ4n) is 1.98. The van der Waals surface area contributed by atoms with E-state index in [0.29, 0.717) is 5.56 Å². The number of hydrogen-bond acceptors (Lipinski definition) is 4. The lowest BCUT2D eigenvalue weighted by Gasteiger charge is -2.37. The van der Waals surface area contributed by atoms with Gasteiger partial charge in [0, 0.05) is 0 Å². The lowest BCUT2D eigenvalue weighted by molar-refractivity contribution is -0.139. The standard InChI is InChI=1S/C19H28F3NO3Si/c1-7-25-17(24)16(19(20,21)22)23-15(14-11-9-8-10-12-14)13-26-27(5,6)18(2,3)4/h8-12,15H,7,13H2,1-6H3. The second-order valence-corrected chi connectivity index (χ2v) is 12.5. The minimum Gasteiger partial charge on any atom is -0.461 e. The Morgan fingerprint density at radius 3 is 2.15 bits per heavy atom. The summed E-state index contributed by atoms with van der Waals surface area (Å²) in [7, 11) is -2.21. The molecule has 152 valence electrons. The van der Waals surface area contributed by atoms with Crippen molar-refractivity contribution in [3.8, 4) is 0 Å². The van der Waals surface area contributed by atoms with Crippen molar-refractivity contribution in [3.05, 3.63) is 35.9 Å². The smallest absolute Gasteiger partial charge is 0.440 e. The highest BCUT2D eigenvalue weighted by Crippen LogP contribution is 2.37. The third-order valence-electron chi connectivity index (χ3n) is 4.61. The van der Waals surface area contributed by atoms with Crippen molar-refractivity contribution >= 4 is 20.0 Å². The number of benzene rings is 1. The van der Waals surface area contributed by atoms with Crippen LogP contribution in [0, 0.1) is 0 Å². The molecule has 4 nitrogen and oxygen atoms in total. The molecule has 1 rings (SSSR count). The number of carbonyl (C=O) groups excluding carboxylic acids is 1. The zero-order valence-electron chi connectivity index (χ0n) is 16.7. The van der Waals surface area contributed by atoms with E-state index in [0.717, 1.165) is 0 Å². The quantitative estimate of drug-likeness (QED) is 0.352. The Morgan fingerprint density at radius 2 is 1.70 bits per heavy atom. The maximum absolute atomic E-state index is 13.4. The topological polar surface area (TPSA) is 47.9 Å². The monoisotopic (exact) mass is 403 g/mol. The number of hydrogen-bond donors (Lipinski definition) is 0. The summed E-state index contributed by atoms with van der Waals surface area (Å²) >= 11 is 0. The van der Waals surface area contributed by atoms with Gasteiger partial charge in [0.25, 0.3) is 0 Å². The van der Waals surface area contributed by atoms with Gasteiger partial charge in [-0.05, 0) is 30.6 Å². The van der Waals surface area contributed by atoms with Crippen LogP contribution >= 0.6 is 0 Å². The molecule has 0 radical (unpaired) electrons. The van der Waals surface area contributed by atoms with Crippen molar-refractivity contribution < 1.29 is 27.1 Å². The number of nitrogens with zero attached hydrogens (tertiary/aromatic N) is 1. The van der Waals surface area contributed by atoms with Crippen LogP contribution in [0.15, 0.2) is 35.3 Å². The van der Waals surface area contributed by atoms with Gasteiger partial charge >= 0.3 is 12.1 Å². The van der Waals surface area contributed by atoms with Crippen molar-refractivity contribution in [1.82, 2.24) is 0 Å². The van der Waals surface area contributed by atoms with Crippen LogP contribution < -0.4 is 0 Å². The van der Waals surface area contributed by atoms with Crippen molar-refractivity contribution in [1.29, 1.82) is 0 Å². The van der Waals surface area contributed by atoms with Gasteiger partial charge in [0.15, 0.2) is 8.32 Å². The first-order chi connectivity index (χ1) is 12.3. The van der Waals surface area contributed by atoms with E-state index in [4.69, 9.17) is 4.43 Å². The first-order valence-electron chi connectivity index (χ1n) is 8.80. The molecule has 0 amide bonds. The zero-order chi connectivity index (χ0) is 20.9. The first-order valence-corrected chi connectivity index (χ1v) is 11.7. The largest absolute Gasteiger partial charge is 0.461 e. The molecule has 0 N–H and O–H groups in total.